The van der Waals surface area contributed by atoms with Crippen LogP contribution in [0, 0.1) is 11.7 Å². The highest BCUT2D eigenvalue weighted by Gasteiger charge is 2.25. The van der Waals surface area contributed by atoms with Gasteiger partial charge in [-0.25, -0.2) is 4.39 Å². The predicted octanol–water partition coefficient (Wildman–Crippen LogP) is 3.24. The van der Waals surface area contributed by atoms with Crippen LogP contribution in [0.15, 0.2) is 18.2 Å². The van der Waals surface area contributed by atoms with E-state index in [4.69, 9.17) is 16.7 Å². The number of carboxylic acid groups (broad SMARTS) is 1. The van der Waals surface area contributed by atoms with E-state index in [1.54, 1.807) is 0 Å². The van der Waals surface area contributed by atoms with Crippen molar-refractivity contribution in [2.45, 2.75) is 26.3 Å². The van der Waals surface area contributed by atoms with E-state index in [1.807, 2.05) is 13.8 Å². The predicted molar refractivity (Wildman–Crippen MR) is 69.2 cm³/mol. The van der Waals surface area contributed by atoms with E-state index in [2.05, 4.69) is 5.32 Å². The van der Waals surface area contributed by atoms with Gasteiger partial charge in [0.05, 0.1) is 0 Å². The summed E-state index contributed by atoms with van der Waals surface area (Å²) in [4.78, 5) is 11.2. The molecule has 0 aliphatic rings. The number of halogens is 2. The molecule has 0 fully saturated rings. The number of nitrogens with one attached hydrogen (secondary N) is 1. The second-order valence-corrected chi connectivity index (χ2v) is 4.95. The van der Waals surface area contributed by atoms with E-state index in [9.17, 15) is 9.18 Å². The summed E-state index contributed by atoms with van der Waals surface area (Å²) in [7, 11) is 0. The topological polar surface area (TPSA) is 49.3 Å². The molecule has 18 heavy (non-hydrogen) atoms. The Kier molecular flexibility index (Phi) is 5.56. The Morgan fingerprint density at radius 2 is 2.17 bits per heavy atom. The summed E-state index contributed by atoms with van der Waals surface area (Å²) < 4.78 is 13.7. The van der Waals surface area contributed by atoms with Crippen LogP contribution < -0.4 is 5.32 Å². The Balaban J connectivity index is 2.88. The minimum Gasteiger partial charge on any atom is -0.480 e. The van der Waals surface area contributed by atoms with E-state index < -0.39 is 17.8 Å². The molecule has 1 rings (SSSR count). The van der Waals surface area contributed by atoms with E-state index in [-0.39, 0.29) is 10.6 Å². The largest absolute Gasteiger partial charge is 0.480 e. The van der Waals surface area contributed by atoms with Gasteiger partial charge in [-0.3, -0.25) is 4.79 Å². The number of rotatable bonds is 6. The van der Waals surface area contributed by atoms with Crippen molar-refractivity contribution < 1.29 is 14.3 Å². The molecule has 0 aliphatic heterocycles. The third-order valence-corrected chi connectivity index (χ3v) is 2.94. The second kappa shape index (κ2) is 6.71. The highest BCUT2D eigenvalue weighted by atomic mass is 35.5. The summed E-state index contributed by atoms with van der Waals surface area (Å²) in [6.45, 7) is 4.57. The SMILES string of the molecule is CC(C)CCNC(C(=O)O)c1c(F)cccc1Cl. The summed E-state index contributed by atoms with van der Waals surface area (Å²) in [5.41, 5.74) is -0.00424. The number of carbonyl (C=O) groups is 1. The van der Waals surface area contributed by atoms with Gasteiger partial charge in [0.2, 0.25) is 0 Å². The number of carboxylic acids is 1. The average molecular weight is 274 g/mol. The Morgan fingerprint density at radius 3 is 2.67 bits per heavy atom. The number of aliphatic carboxylic acids is 1. The molecule has 0 aromatic heterocycles. The van der Waals surface area contributed by atoms with Crippen molar-refractivity contribution in [3.05, 3.63) is 34.6 Å². The molecular weight excluding hydrogens is 257 g/mol. The van der Waals surface area contributed by atoms with Crippen molar-refractivity contribution in [2.24, 2.45) is 5.92 Å². The number of benzene rings is 1. The quantitative estimate of drug-likeness (QED) is 0.836. The molecule has 0 heterocycles. The zero-order chi connectivity index (χ0) is 13.7. The van der Waals surface area contributed by atoms with Crippen LogP contribution in [0.25, 0.3) is 0 Å². The Labute approximate surface area is 111 Å². The molecule has 100 valence electrons. The van der Waals surface area contributed by atoms with Crippen molar-refractivity contribution in [2.75, 3.05) is 6.54 Å². The summed E-state index contributed by atoms with van der Waals surface area (Å²) in [6, 6.07) is 3.03. The number of hydrogen-bond acceptors (Lipinski definition) is 2. The second-order valence-electron chi connectivity index (χ2n) is 4.54. The zero-order valence-electron chi connectivity index (χ0n) is 10.4. The molecule has 5 heteroatoms. The number of hydrogen-bond donors (Lipinski definition) is 2. The van der Waals surface area contributed by atoms with Crippen LogP contribution in [-0.4, -0.2) is 17.6 Å². The lowest BCUT2D eigenvalue weighted by Crippen LogP contribution is -2.30. The Bertz CT molecular complexity index is 403. The van der Waals surface area contributed by atoms with Crippen molar-refractivity contribution >= 4 is 17.6 Å². The first-order chi connectivity index (χ1) is 8.43. The molecule has 0 bridgehead atoms. The third kappa shape index (κ3) is 3.96. The summed E-state index contributed by atoms with van der Waals surface area (Å²) in [5.74, 6) is -1.29. The van der Waals surface area contributed by atoms with Crippen molar-refractivity contribution in [1.29, 1.82) is 0 Å². The fraction of sp³-hybridized carbons (Fsp3) is 0.462. The lowest BCUT2D eigenvalue weighted by molar-refractivity contribution is -0.139. The first-order valence-corrected chi connectivity index (χ1v) is 6.21. The lowest BCUT2D eigenvalue weighted by atomic mass is 10.1. The maximum absolute atomic E-state index is 13.7. The highest BCUT2D eigenvalue weighted by Crippen LogP contribution is 2.26. The van der Waals surface area contributed by atoms with Gasteiger partial charge in [0.15, 0.2) is 0 Å². The van der Waals surface area contributed by atoms with Gasteiger partial charge in [-0.2, -0.15) is 0 Å². The monoisotopic (exact) mass is 273 g/mol. The van der Waals surface area contributed by atoms with Crippen molar-refractivity contribution in [3.63, 3.8) is 0 Å². The van der Waals surface area contributed by atoms with Gasteiger partial charge >= 0.3 is 5.97 Å². The third-order valence-electron chi connectivity index (χ3n) is 2.61. The molecule has 0 saturated heterocycles. The lowest BCUT2D eigenvalue weighted by Gasteiger charge is -2.17. The fourth-order valence-corrected chi connectivity index (χ4v) is 1.89. The molecule has 2 N–H and O–H groups in total. The molecule has 0 amide bonds. The maximum atomic E-state index is 13.7. The van der Waals surface area contributed by atoms with Crippen LogP contribution in [0.2, 0.25) is 5.02 Å². The maximum Gasteiger partial charge on any atom is 0.325 e. The molecule has 1 unspecified atom stereocenters. The molecule has 1 atom stereocenters. The van der Waals surface area contributed by atoms with E-state index in [1.165, 1.54) is 18.2 Å². The normalized spacial score (nSPS) is 12.7. The van der Waals surface area contributed by atoms with E-state index in [0.717, 1.165) is 6.42 Å². The zero-order valence-corrected chi connectivity index (χ0v) is 11.2. The van der Waals surface area contributed by atoms with Gasteiger partial charge in [-0.05, 0) is 31.0 Å². The van der Waals surface area contributed by atoms with Gasteiger partial charge in [0.1, 0.15) is 11.9 Å². The van der Waals surface area contributed by atoms with Crippen LogP contribution in [0.5, 0.6) is 0 Å². The van der Waals surface area contributed by atoms with Gasteiger partial charge in [0, 0.05) is 10.6 Å². The minimum atomic E-state index is -1.13. The minimum absolute atomic E-state index is 0.00424. The molecular formula is C13H17ClFNO2. The van der Waals surface area contributed by atoms with Gasteiger partial charge < -0.3 is 10.4 Å². The summed E-state index contributed by atoms with van der Waals surface area (Å²) >= 11 is 5.87. The molecule has 0 saturated carbocycles. The van der Waals surface area contributed by atoms with E-state index in [0.29, 0.717) is 12.5 Å². The van der Waals surface area contributed by atoms with Crippen LogP contribution >= 0.6 is 11.6 Å². The smallest absolute Gasteiger partial charge is 0.325 e. The van der Waals surface area contributed by atoms with Crippen LogP contribution in [-0.2, 0) is 4.79 Å². The van der Waals surface area contributed by atoms with Gasteiger partial charge in [0.25, 0.3) is 0 Å². The molecule has 0 radical (unpaired) electrons. The van der Waals surface area contributed by atoms with Gasteiger partial charge in [-0.15, -0.1) is 0 Å². The average Bonchev–Trinajstić information content (AvgIpc) is 2.25. The molecule has 0 spiro atoms. The fourth-order valence-electron chi connectivity index (χ4n) is 1.62. The highest BCUT2D eigenvalue weighted by molar-refractivity contribution is 6.31. The van der Waals surface area contributed by atoms with Crippen LogP contribution in [0.4, 0.5) is 4.39 Å². The van der Waals surface area contributed by atoms with Crippen LogP contribution in [0.1, 0.15) is 31.9 Å². The first kappa shape index (κ1) is 14.9. The molecule has 3 nitrogen and oxygen atoms in total. The van der Waals surface area contributed by atoms with Crippen molar-refractivity contribution in [3.8, 4) is 0 Å². The molecule has 1 aromatic rings. The van der Waals surface area contributed by atoms with E-state index >= 15 is 0 Å². The van der Waals surface area contributed by atoms with Crippen molar-refractivity contribution in [1.82, 2.24) is 5.32 Å². The summed E-state index contributed by atoms with van der Waals surface area (Å²) in [6.07, 6.45) is 0.815. The Hall–Kier alpha value is -1.13. The standard InChI is InChI=1S/C13H17ClFNO2/c1-8(2)6-7-16-12(13(17)18)11-9(14)4-3-5-10(11)15/h3-5,8,12,16H,6-7H2,1-2H3,(H,17,18). The molecule has 0 aliphatic carbocycles. The van der Waals surface area contributed by atoms with Gasteiger partial charge in [-0.1, -0.05) is 31.5 Å². The summed E-state index contributed by atoms with van der Waals surface area (Å²) in [5, 5.41) is 12.1. The van der Waals surface area contributed by atoms with Crippen LogP contribution in [0.3, 0.4) is 0 Å². The first-order valence-electron chi connectivity index (χ1n) is 5.83. The molecule has 1 aromatic carbocycles. The Morgan fingerprint density at radius 1 is 1.50 bits per heavy atom.